The van der Waals surface area contributed by atoms with E-state index in [4.69, 9.17) is 10.5 Å². The van der Waals surface area contributed by atoms with E-state index in [1.165, 1.54) is 0 Å². The number of carbonyl (C=O) groups is 1. The zero-order valence-electron chi connectivity index (χ0n) is 11.4. The maximum atomic E-state index is 11.9. The first-order valence-electron chi connectivity index (χ1n) is 6.43. The summed E-state index contributed by atoms with van der Waals surface area (Å²) in [6.07, 6.45) is 0.237. The number of methoxy groups -OCH3 is 1. The Morgan fingerprint density at radius 3 is 2.40 bits per heavy atom. The quantitative estimate of drug-likeness (QED) is 0.878. The van der Waals surface area contributed by atoms with Crippen LogP contribution in [0.15, 0.2) is 54.6 Å². The van der Waals surface area contributed by atoms with Gasteiger partial charge in [0.2, 0.25) is 5.91 Å². The van der Waals surface area contributed by atoms with Gasteiger partial charge in [-0.25, -0.2) is 0 Å². The van der Waals surface area contributed by atoms with Crippen molar-refractivity contribution in [2.75, 3.05) is 12.4 Å². The normalized spacial score (nSPS) is 11.7. The van der Waals surface area contributed by atoms with Gasteiger partial charge in [0.25, 0.3) is 0 Å². The van der Waals surface area contributed by atoms with Crippen LogP contribution in [0.3, 0.4) is 0 Å². The van der Waals surface area contributed by atoms with Crippen molar-refractivity contribution in [3.05, 3.63) is 60.2 Å². The number of ether oxygens (including phenoxy) is 1. The standard InChI is InChI=1S/C16H18N2O2/c1-20-14-9-7-12(8-10-14)15(17)11-16(19)18-13-5-3-2-4-6-13/h2-10,15H,11,17H2,1H3,(H,18,19)/t15-/m0/s1. The molecule has 3 N–H and O–H groups in total. The Kier molecular flexibility index (Phi) is 4.74. The lowest BCUT2D eigenvalue weighted by molar-refractivity contribution is -0.116. The van der Waals surface area contributed by atoms with Crippen molar-refractivity contribution >= 4 is 11.6 Å². The molecule has 0 aliphatic rings. The van der Waals surface area contributed by atoms with Crippen molar-refractivity contribution in [2.45, 2.75) is 12.5 Å². The third-order valence-corrected chi connectivity index (χ3v) is 3.01. The Morgan fingerprint density at radius 2 is 1.80 bits per heavy atom. The van der Waals surface area contributed by atoms with E-state index >= 15 is 0 Å². The van der Waals surface area contributed by atoms with Gasteiger partial charge in [-0.15, -0.1) is 0 Å². The number of benzene rings is 2. The Morgan fingerprint density at radius 1 is 1.15 bits per heavy atom. The van der Waals surface area contributed by atoms with Crippen molar-refractivity contribution in [1.82, 2.24) is 0 Å². The Labute approximate surface area is 118 Å². The van der Waals surface area contributed by atoms with Crippen LogP contribution in [0.25, 0.3) is 0 Å². The van der Waals surface area contributed by atoms with Gasteiger partial charge < -0.3 is 15.8 Å². The lowest BCUT2D eigenvalue weighted by atomic mass is 10.0. The predicted molar refractivity (Wildman–Crippen MR) is 79.6 cm³/mol. The number of carbonyl (C=O) groups excluding carboxylic acids is 1. The van der Waals surface area contributed by atoms with Crippen molar-refractivity contribution < 1.29 is 9.53 Å². The van der Waals surface area contributed by atoms with Crippen molar-refractivity contribution in [2.24, 2.45) is 5.73 Å². The summed E-state index contributed by atoms with van der Waals surface area (Å²) in [5.41, 5.74) is 7.73. The number of anilines is 1. The fourth-order valence-electron chi connectivity index (χ4n) is 1.90. The zero-order chi connectivity index (χ0) is 14.4. The van der Waals surface area contributed by atoms with Gasteiger partial charge in [0, 0.05) is 18.2 Å². The molecule has 0 saturated heterocycles. The number of nitrogens with two attached hydrogens (primary N) is 1. The van der Waals surface area contributed by atoms with Crippen LogP contribution in [0, 0.1) is 0 Å². The highest BCUT2D eigenvalue weighted by atomic mass is 16.5. The smallest absolute Gasteiger partial charge is 0.226 e. The Hall–Kier alpha value is -2.33. The summed E-state index contributed by atoms with van der Waals surface area (Å²) in [4.78, 5) is 11.9. The van der Waals surface area contributed by atoms with Gasteiger partial charge in [-0.2, -0.15) is 0 Å². The summed E-state index contributed by atoms with van der Waals surface area (Å²) in [6, 6.07) is 16.4. The monoisotopic (exact) mass is 270 g/mol. The SMILES string of the molecule is COc1ccc([C@@H](N)CC(=O)Nc2ccccc2)cc1. The minimum absolute atomic E-state index is 0.0977. The van der Waals surface area contributed by atoms with Gasteiger partial charge in [-0.1, -0.05) is 30.3 Å². The second-order valence-corrected chi connectivity index (χ2v) is 4.50. The molecule has 1 amide bonds. The number of nitrogens with one attached hydrogen (secondary N) is 1. The molecule has 0 aliphatic carbocycles. The predicted octanol–water partition coefficient (Wildman–Crippen LogP) is 2.72. The van der Waals surface area contributed by atoms with Crippen LogP contribution in [0.5, 0.6) is 5.75 Å². The second kappa shape index (κ2) is 6.73. The molecule has 2 aromatic rings. The molecule has 0 saturated carbocycles. The summed E-state index contributed by atoms with van der Waals surface area (Å²) in [7, 11) is 1.61. The zero-order valence-corrected chi connectivity index (χ0v) is 11.4. The lowest BCUT2D eigenvalue weighted by Crippen LogP contribution is -2.20. The molecule has 0 radical (unpaired) electrons. The van der Waals surface area contributed by atoms with E-state index in [1.54, 1.807) is 7.11 Å². The van der Waals surface area contributed by atoms with Crippen LogP contribution in [-0.2, 0) is 4.79 Å². The summed E-state index contributed by atoms with van der Waals surface area (Å²) in [6.45, 7) is 0. The molecular weight excluding hydrogens is 252 g/mol. The van der Waals surface area contributed by atoms with E-state index in [0.717, 1.165) is 17.0 Å². The van der Waals surface area contributed by atoms with Crippen molar-refractivity contribution in [3.8, 4) is 5.75 Å². The van der Waals surface area contributed by atoms with Gasteiger partial charge in [-0.05, 0) is 29.8 Å². The van der Waals surface area contributed by atoms with Crippen molar-refractivity contribution in [3.63, 3.8) is 0 Å². The minimum atomic E-state index is -0.329. The first-order valence-corrected chi connectivity index (χ1v) is 6.43. The number of hydrogen-bond acceptors (Lipinski definition) is 3. The molecule has 104 valence electrons. The second-order valence-electron chi connectivity index (χ2n) is 4.50. The van der Waals surface area contributed by atoms with Crippen molar-refractivity contribution in [1.29, 1.82) is 0 Å². The average Bonchev–Trinajstić information content (AvgIpc) is 2.48. The largest absolute Gasteiger partial charge is 0.497 e. The van der Waals surface area contributed by atoms with Gasteiger partial charge in [0.05, 0.1) is 7.11 Å². The molecule has 0 heterocycles. The van der Waals surface area contributed by atoms with Crippen LogP contribution in [-0.4, -0.2) is 13.0 Å². The molecule has 0 unspecified atom stereocenters. The molecule has 1 atom stereocenters. The molecule has 2 aromatic carbocycles. The molecule has 2 rings (SSSR count). The number of rotatable bonds is 5. The van der Waals surface area contributed by atoms with Gasteiger partial charge in [0.15, 0.2) is 0 Å². The van der Waals surface area contributed by atoms with Gasteiger partial charge in [0.1, 0.15) is 5.75 Å². The maximum Gasteiger partial charge on any atom is 0.226 e. The first kappa shape index (κ1) is 14.1. The molecule has 0 aliphatic heterocycles. The highest BCUT2D eigenvalue weighted by Crippen LogP contribution is 2.19. The number of hydrogen-bond donors (Lipinski definition) is 2. The van der Waals surface area contributed by atoms with Gasteiger partial charge >= 0.3 is 0 Å². The average molecular weight is 270 g/mol. The molecule has 20 heavy (non-hydrogen) atoms. The summed E-state index contributed by atoms with van der Waals surface area (Å²) in [5.74, 6) is 0.675. The maximum absolute atomic E-state index is 11.9. The highest BCUT2D eigenvalue weighted by molar-refractivity contribution is 5.91. The molecule has 4 heteroatoms. The summed E-state index contributed by atoms with van der Waals surface area (Å²) < 4.78 is 5.09. The van der Waals surface area contributed by atoms with E-state index in [2.05, 4.69) is 5.32 Å². The van der Waals surface area contributed by atoms with E-state index in [1.807, 2.05) is 54.6 Å². The minimum Gasteiger partial charge on any atom is -0.497 e. The lowest BCUT2D eigenvalue weighted by Gasteiger charge is -2.12. The highest BCUT2D eigenvalue weighted by Gasteiger charge is 2.11. The Balaban J connectivity index is 1.93. The van der Waals surface area contributed by atoms with Gasteiger partial charge in [-0.3, -0.25) is 4.79 Å². The fourth-order valence-corrected chi connectivity index (χ4v) is 1.90. The molecular formula is C16H18N2O2. The van der Waals surface area contributed by atoms with E-state index in [9.17, 15) is 4.79 Å². The molecule has 0 spiro atoms. The molecule has 0 aromatic heterocycles. The summed E-state index contributed by atoms with van der Waals surface area (Å²) in [5, 5.41) is 2.82. The topological polar surface area (TPSA) is 64.3 Å². The van der Waals surface area contributed by atoms with E-state index < -0.39 is 0 Å². The van der Waals surface area contributed by atoms with Crippen LogP contribution >= 0.6 is 0 Å². The van der Waals surface area contributed by atoms with E-state index in [-0.39, 0.29) is 18.4 Å². The number of amides is 1. The fraction of sp³-hybridized carbons (Fsp3) is 0.188. The third-order valence-electron chi connectivity index (χ3n) is 3.01. The van der Waals surface area contributed by atoms with Crippen LogP contribution < -0.4 is 15.8 Å². The number of para-hydroxylation sites is 1. The first-order chi connectivity index (χ1) is 9.69. The Bertz CT molecular complexity index is 552. The molecule has 0 bridgehead atoms. The summed E-state index contributed by atoms with van der Waals surface area (Å²) >= 11 is 0. The van der Waals surface area contributed by atoms with Crippen LogP contribution in [0.4, 0.5) is 5.69 Å². The third kappa shape index (κ3) is 3.83. The van der Waals surface area contributed by atoms with Crippen LogP contribution in [0.1, 0.15) is 18.0 Å². The molecule has 0 fully saturated rings. The molecule has 4 nitrogen and oxygen atoms in total. The van der Waals surface area contributed by atoms with E-state index in [0.29, 0.717) is 0 Å². The van der Waals surface area contributed by atoms with Crippen LogP contribution in [0.2, 0.25) is 0 Å².